The molecule has 2 N–H and O–H groups in total. The molecule has 4 heteroatoms. The molecule has 0 atom stereocenters. The SMILES string of the molecule is Cc1ccc(C)c(NC(=O)C[NH+]2CCN(c3cccc(C)c3C)CC2)c1. The first-order chi connectivity index (χ1) is 12.4. The van der Waals surface area contributed by atoms with Gasteiger partial charge >= 0.3 is 0 Å². The Hall–Kier alpha value is -2.33. The Balaban J connectivity index is 1.54. The standard InChI is InChI=1S/C22H29N3O/c1-16-8-9-18(3)20(14-16)23-22(26)15-24-10-12-25(13-11-24)21-7-5-6-17(2)19(21)4/h5-9,14H,10-13,15H2,1-4H3,(H,23,26)/p+1. The van der Waals surface area contributed by atoms with Crippen LogP contribution in [0.3, 0.4) is 0 Å². The lowest BCUT2D eigenvalue weighted by Gasteiger charge is -2.34. The molecule has 1 aliphatic heterocycles. The van der Waals surface area contributed by atoms with Crippen LogP contribution in [0.4, 0.5) is 11.4 Å². The van der Waals surface area contributed by atoms with Crippen LogP contribution in [0.1, 0.15) is 22.3 Å². The van der Waals surface area contributed by atoms with E-state index in [2.05, 4.69) is 54.4 Å². The number of piperazine rings is 1. The summed E-state index contributed by atoms with van der Waals surface area (Å²) in [6.07, 6.45) is 0. The van der Waals surface area contributed by atoms with Crippen molar-refractivity contribution in [2.45, 2.75) is 27.7 Å². The van der Waals surface area contributed by atoms with Gasteiger partial charge in [-0.15, -0.1) is 0 Å². The van der Waals surface area contributed by atoms with E-state index in [4.69, 9.17) is 0 Å². The number of hydrogen-bond donors (Lipinski definition) is 2. The molecule has 1 saturated heterocycles. The summed E-state index contributed by atoms with van der Waals surface area (Å²) in [5.74, 6) is 0.105. The molecule has 1 fully saturated rings. The Morgan fingerprint density at radius 2 is 1.77 bits per heavy atom. The molecule has 2 aromatic rings. The average Bonchev–Trinajstić information content (AvgIpc) is 2.61. The molecule has 0 saturated carbocycles. The summed E-state index contributed by atoms with van der Waals surface area (Å²) in [4.78, 5) is 16.3. The van der Waals surface area contributed by atoms with Crippen LogP contribution in [-0.4, -0.2) is 38.6 Å². The molecule has 138 valence electrons. The van der Waals surface area contributed by atoms with Gasteiger partial charge in [0, 0.05) is 11.4 Å². The Morgan fingerprint density at radius 3 is 2.50 bits per heavy atom. The number of quaternary nitrogens is 1. The molecular weight excluding hydrogens is 322 g/mol. The molecule has 0 aromatic heterocycles. The fraction of sp³-hybridized carbons (Fsp3) is 0.409. The van der Waals surface area contributed by atoms with Crippen LogP contribution >= 0.6 is 0 Å². The third kappa shape index (κ3) is 4.25. The van der Waals surface area contributed by atoms with E-state index in [9.17, 15) is 4.79 Å². The van der Waals surface area contributed by atoms with Gasteiger partial charge < -0.3 is 15.1 Å². The van der Waals surface area contributed by atoms with E-state index in [1.54, 1.807) is 0 Å². The van der Waals surface area contributed by atoms with E-state index in [0.717, 1.165) is 37.4 Å². The van der Waals surface area contributed by atoms with Gasteiger partial charge in [0.1, 0.15) is 0 Å². The highest BCUT2D eigenvalue weighted by molar-refractivity contribution is 5.92. The van der Waals surface area contributed by atoms with Gasteiger partial charge in [0.25, 0.3) is 5.91 Å². The van der Waals surface area contributed by atoms with Crippen molar-refractivity contribution in [2.24, 2.45) is 0 Å². The largest absolute Gasteiger partial charge is 0.360 e. The van der Waals surface area contributed by atoms with Crippen molar-refractivity contribution < 1.29 is 9.69 Å². The first-order valence-electron chi connectivity index (χ1n) is 9.46. The lowest BCUT2D eigenvalue weighted by atomic mass is 10.1. The van der Waals surface area contributed by atoms with Gasteiger partial charge in [0.15, 0.2) is 6.54 Å². The second-order valence-corrected chi connectivity index (χ2v) is 7.50. The second kappa shape index (κ2) is 7.92. The molecular formula is C22H30N3O+. The zero-order chi connectivity index (χ0) is 18.7. The molecule has 0 unspecified atom stereocenters. The lowest BCUT2D eigenvalue weighted by Crippen LogP contribution is -3.15. The summed E-state index contributed by atoms with van der Waals surface area (Å²) in [5.41, 5.74) is 7.25. The van der Waals surface area contributed by atoms with Crippen molar-refractivity contribution in [3.05, 3.63) is 58.7 Å². The lowest BCUT2D eigenvalue weighted by molar-refractivity contribution is -0.892. The number of amides is 1. The van der Waals surface area contributed by atoms with Crippen LogP contribution < -0.4 is 15.1 Å². The molecule has 0 bridgehead atoms. The molecule has 0 radical (unpaired) electrons. The first kappa shape index (κ1) is 18.5. The monoisotopic (exact) mass is 352 g/mol. The number of benzene rings is 2. The van der Waals surface area contributed by atoms with Crippen molar-refractivity contribution in [1.29, 1.82) is 0 Å². The number of nitrogens with zero attached hydrogens (tertiary/aromatic N) is 1. The van der Waals surface area contributed by atoms with Crippen molar-refractivity contribution in [1.82, 2.24) is 0 Å². The van der Waals surface area contributed by atoms with Crippen LogP contribution in [0, 0.1) is 27.7 Å². The zero-order valence-electron chi connectivity index (χ0n) is 16.4. The Labute approximate surface area is 156 Å². The van der Waals surface area contributed by atoms with Crippen molar-refractivity contribution in [2.75, 3.05) is 42.9 Å². The smallest absolute Gasteiger partial charge is 0.279 e. The molecule has 1 amide bonds. The molecule has 0 spiro atoms. The summed E-state index contributed by atoms with van der Waals surface area (Å²) >= 11 is 0. The first-order valence-corrected chi connectivity index (χ1v) is 9.46. The fourth-order valence-electron chi connectivity index (χ4n) is 3.61. The number of anilines is 2. The molecule has 1 heterocycles. The molecule has 1 aliphatic rings. The van der Waals surface area contributed by atoms with Crippen LogP contribution in [0.15, 0.2) is 36.4 Å². The van der Waals surface area contributed by atoms with Gasteiger partial charge in [-0.2, -0.15) is 0 Å². The highest BCUT2D eigenvalue weighted by Crippen LogP contribution is 2.22. The van der Waals surface area contributed by atoms with Crippen LogP contribution in [0.2, 0.25) is 0 Å². The van der Waals surface area contributed by atoms with Crippen LogP contribution in [0.25, 0.3) is 0 Å². The van der Waals surface area contributed by atoms with Gasteiger partial charge in [-0.05, 0) is 62.1 Å². The number of rotatable bonds is 4. The predicted molar refractivity (Wildman–Crippen MR) is 108 cm³/mol. The fourth-order valence-corrected chi connectivity index (χ4v) is 3.61. The van der Waals surface area contributed by atoms with E-state index in [0.29, 0.717) is 6.54 Å². The summed E-state index contributed by atoms with van der Waals surface area (Å²) in [5, 5.41) is 3.08. The average molecular weight is 353 g/mol. The Bertz CT molecular complexity index is 792. The van der Waals surface area contributed by atoms with Gasteiger partial charge in [0.05, 0.1) is 26.2 Å². The van der Waals surface area contributed by atoms with E-state index >= 15 is 0 Å². The van der Waals surface area contributed by atoms with Gasteiger partial charge in [-0.3, -0.25) is 4.79 Å². The van der Waals surface area contributed by atoms with E-state index in [-0.39, 0.29) is 5.91 Å². The molecule has 0 aliphatic carbocycles. The second-order valence-electron chi connectivity index (χ2n) is 7.50. The summed E-state index contributed by atoms with van der Waals surface area (Å²) in [7, 11) is 0. The number of carbonyl (C=O) groups excluding carboxylic acids is 1. The number of hydrogen-bond acceptors (Lipinski definition) is 2. The minimum absolute atomic E-state index is 0.105. The maximum absolute atomic E-state index is 12.4. The van der Waals surface area contributed by atoms with Gasteiger partial charge in [-0.25, -0.2) is 0 Å². The van der Waals surface area contributed by atoms with Gasteiger partial charge in [0.2, 0.25) is 0 Å². The maximum atomic E-state index is 12.4. The predicted octanol–water partition coefficient (Wildman–Crippen LogP) is 2.26. The highest BCUT2D eigenvalue weighted by Gasteiger charge is 2.23. The summed E-state index contributed by atoms with van der Waals surface area (Å²) < 4.78 is 0. The molecule has 4 nitrogen and oxygen atoms in total. The zero-order valence-corrected chi connectivity index (χ0v) is 16.4. The normalized spacial score (nSPS) is 15.2. The third-order valence-electron chi connectivity index (χ3n) is 5.46. The van der Waals surface area contributed by atoms with Gasteiger partial charge in [-0.1, -0.05) is 24.3 Å². The van der Waals surface area contributed by atoms with E-state index in [1.165, 1.54) is 27.3 Å². The third-order valence-corrected chi connectivity index (χ3v) is 5.46. The number of carbonyl (C=O) groups is 1. The summed E-state index contributed by atoms with van der Waals surface area (Å²) in [6, 6.07) is 12.7. The van der Waals surface area contributed by atoms with Crippen molar-refractivity contribution >= 4 is 17.3 Å². The number of aryl methyl sites for hydroxylation is 3. The van der Waals surface area contributed by atoms with Crippen LogP contribution in [0.5, 0.6) is 0 Å². The molecule has 2 aromatic carbocycles. The Kier molecular flexibility index (Phi) is 5.62. The topological polar surface area (TPSA) is 36.8 Å². The minimum Gasteiger partial charge on any atom is -0.360 e. The van der Waals surface area contributed by atoms with Crippen molar-refractivity contribution in [3.63, 3.8) is 0 Å². The Morgan fingerprint density at radius 1 is 1.04 bits per heavy atom. The van der Waals surface area contributed by atoms with Crippen molar-refractivity contribution in [3.8, 4) is 0 Å². The van der Waals surface area contributed by atoms with E-state index in [1.807, 2.05) is 19.9 Å². The van der Waals surface area contributed by atoms with E-state index < -0.39 is 0 Å². The minimum atomic E-state index is 0.105. The van der Waals surface area contributed by atoms with Crippen LogP contribution in [-0.2, 0) is 4.79 Å². The molecule has 3 rings (SSSR count). The highest BCUT2D eigenvalue weighted by atomic mass is 16.2. The molecule has 26 heavy (non-hydrogen) atoms. The summed E-state index contributed by atoms with van der Waals surface area (Å²) in [6.45, 7) is 13.0. The maximum Gasteiger partial charge on any atom is 0.279 e. The number of nitrogens with one attached hydrogen (secondary N) is 2. The quantitative estimate of drug-likeness (QED) is 0.886.